The maximum absolute atomic E-state index is 11.4. The highest BCUT2D eigenvalue weighted by Gasteiger charge is 2.11. The van der Waals surface area contributed by atoms with Crippen LogP contribution in [0.1, 0.15) is 29.2 Å². The molecule has 0 fully saturated rings. The second-order valence-corrected chi connectivity index (χ2v) is 5.07. The van der Waals surface area contributed by atoms with E-state index < -0.39 is 0 Å². The molecule has 0 aliphatic rings. The van der Waals surface area contributed by atoms with E-state index in [2.05, 4.69) is 10.3 Å². The summed E-state index contributed by atoms with van der Waals surface area (Å²) in [5.41, 5.74) is 1.69. The van der Waals surface area contributed by atoms with E-state index in [9.17, 15) is 4.79 Å². The number of aryl methyl sites for hydroxylation is 1. The SMILES string of the molecule is CCOc1ccc(Nc2nc(C)c(C(C)=O)s2)cc1. The fourth-order valence-electron chi connectivity index (χ4n) is 1.70. The highest BCUT2D eigenvalue weighted by Crippen LogP contribution is 2.26. The number of thiazole rings is 1. The molecular weight excluding hydrogens is 260 g/mol. The first-order valence-corrected chi connectivity index (χ1v) is 6.90. The van der Waals surface area contributed by atoms with Gasteiger partial charge in [-0.3, -0.25) is 4.79 Å². The van der Waals surface area contributed by atoms with Crippen LogP contribution in [0.3, 0.4) is 0 Å². The summed E-state index contributed by atoms with van der Waals surface area (Å²) in [7, 11) is 0. The lowest BCUT2D eigenvalue weighted by atomic mass is 10.3. The highest BCUT2D eigenvalue weighted by atomic mass is 32.1. The molecule has 5 heteroatoms. The van der Waals surface area contributed by atoms with Crippen LogP contribution in [0.5, 0.6) is 5.75 Å². The molecule has 2 aromatic rings. The van der Waals surface area contributed by atoms with Gasteiger partial charge in [0.15, 0.2) is 10.9 Å². The average Bonchev–Trinajstić information content (AvgIpc) is 2.73. The van der Waals surface area contributed by atoms with E-state index in [1.807, 2.05) is 38.1 Å². The van der Waals surface area contributed by atoms with Crippen LogP contribution in [0.15, 0.2) is 24.3 Å². The first-order chi connectivity index (χ1) is 9.10. The number of ether oxygens (including phenoxy) is 1. The van der Waals surface area contributed by atoms with Crippen LogP contribution >= 0.6 is 11.3 Å². The Morgan fingerprint density at radius 1 is 1.37 bits per heavy atom. The third-order valence-electron chi connectivity index (χ3n) is 2.53. The first kappa shape index (κ1) is 13.5. The van der Waals surface area contributed by atoms with Crippen molar-refractivity contribution in [2.24, 2.45) is 0 Å². The second kappa shape index (κ2) is 5.84. The predicted octanol–water partition coefficient (Wildman–Crippen LogP) is 3.80. The smallest absolute Gasteiger partial charge is 0.188 e. The monoisotopic (exact) mass is 276 g/mol. The summed E-state index contributed by atoms with van der Waals surface area (Å²) < 4.78 is 5.38. The second-order valence-electron chi connectivity index (χ2n) is 4.07. The molecule has 0 amide bonds. The minimum atomic E-state index is 0.0507. The van der Waals surface area contributed by atoms with Crippen LogP contribution in [0.2, 0.25) is 0 Å². The Labute approximate surface area is 116 Å². The third-order valence-corrected chi connectivity index (χ3v) is 3.71. The van der Waals surface area contributed by atoms with Gasteiger partial charge in [-0.2, -0.15) is 0 Å². The molecule has 0 unspecified atom stereocenters. The standard InChI is InChI=1S/C14H16N2O2S/c1-4-18-12-7-5-11(6-8-12)16-14-15-9(2)13(19-14)10(3)17/h5-8H,4H2,1-3H3,(H,15,16). The fraction of sp³-hybridized carbons (Fsp3) is 0.286. The van der Waals surface area contributed by atoms with Gasteiger partial charge >= 0.3 is 0 Å². The molecule has 1 N–H and O–H groups in total. The molecule has 0 bridgehead atoms. The Morgan fingerprint density at radius 2 is 2.05 bits per heavy atom. The Balaban J connectivity index is 2.12. The number of hydrogen-bond donors (Lipinski definition) is 1. The van der Waals surface area contributed by atoms with Gasteiger partial charge in [0.25, 0.3) is 0 Å². The number of benzene rings is 1. The molecule has 0 spiro atoms. The molecule has 0 aliphatic carbocycles. The van der Waals surface area contributed by atoms with Gasteiger partial charge in [-0.25, -0.2) is 4.98 Å². The number of carbonyl (C=O) groups excluding carboxylic acids is 1. The van der Waals surface area contributed by atoms with Crippen molar-refractivity contribution in [3.63, 3.8) is 0 Å². The van der Waals surface area contributed by atoms with Crippen LogP contribution < -0.4 is 10.1 Å². The lowest BCUT2D eigenvalue weighted by molar-refractivity contribution is 0.102. The minimum Gasteiger partial charge on any atom is -0.494 e. The number of aromatic nitrogens is 1. The molecule has 1 heterocycles. The topological polar surface area (TPSA) is 51.2 Å². The summed E-state index contributed by atoms with van der Waals surface area (Å²) >= 11 is 1.37. The van der Waals surface area contributed by atoms with Gasteiger partial charge < -0.3 is 10.1 Å². The lowest BCUT2D eigenvalue weighted by Crippen LogP contribution is -1.92. The zero-order valence-electron chi connectivity index (χ0n) is 11.2. The normalized spacial score (nSPS) is 10.3. The van der Waals surface area contributed by atoms with Crippen molar-refractivity contribution in [3.8, 4) is 5.75 Å². The largest absolute Gasteiger partial charge is 0.494 e. The maximum Gasteiger partial charge on any atom is 0.188 e. The molecule has 100 valence electrons. The van der Waals surface area contributed by atoms with Crippen molar-refractivity contribution in [1.29, 1.82) is 0 Å². The van der Waals surface area contributed by atoms with Gasteiger partial charge in [-0.1, -0.05) is 11.3 Å². The van der Waals surface area contributed by atoms with E-state index in [1.165, 1.54) is 11.3 Å². The number of hydrogen-bond acceptors (Lipinski definition) is 5. The number of carbonyl (C=O) groups is 1. The fourth-order valence-corrected chi connectivity index (χ4v) is 2.58. The van der Waals surface area contributed by atoms with Crippen LogP contribution in [0.25, 0.3) is 0 Å². The van der Waals surface area contributed by atoms with E-state index >= 15 is 0 Å². The van der Waals surface area contributed by atoms with Crippen LogP contribution in [0.4, 0.5) is 10.8 Å². The summed E-state index contributed by atoms with van der Waals surface area (Å²) in [4.78, 5) is 16.4. The van der Waals surface area contributed by atoms with Crippen LogP contribution in [-0.4, -0.2) is 17.4 Å². The molecule has 4 nitrogen and oxygen atoms in total. The number of rotatable bonds is 5. The summed E-state index contributed by atoms with van der Waals surface area (Å²) in [6.07, 6.45) is 0. The molecule has 0 radical (unpaired) electrons. The van der Waals surface area contributed by atoms with Crippen molar-refractivity contribution in [3.05, 3.63) is 34.8 Å². The lowest BCUT2D eigenvalue weighted by Gasteiger charge is -2.05. The molecule has 0 saturated carbocycles. The van der Waals surface area contributed by atoms with Crippen molar-refractivity contribution in [2.75, 3.05) is 11.9 Å². The van der Waals surface area contributed by atoms with Crippen molar-refractivity contribution >= 4 is 27.9 Å². The van der Waals surface area contributed by atoms with Gasteiger partial charge in [0.1, 0.15) is 5.75 Å². The molecule has 0 atom stereocenters. The van der Waals surface area contributed by atoms with E-state index in [-0.39, 0.29) is 5.78 Å². The molecule has 0 aliphatic heterocycles. The van der Waals surface area contributed by atoms with Crippen molar-refractivity contribution in [1.82, 2.24) is 4.98 Å². The Hall–Kier alpha value is -1.88. The zero-order valence-corrected chi connectivity index (χ0v) is 12.0. The summed E-state index contributed by atoms with van der Waals surface area (Å²) in [5, 5.41) is 3.92. The number of nitrogens with one attached hydrogen (secondary N) is 1. The van der Waals surface area contributed by atoms with Gasteiger partial charge in [0, 0.05) is 12.6 Å². The van der Waals surface area contributed by atoms with Crippen LogP contribution in [-0.2, 0) is 0 Å². The van der Waals surface area contributed by atoms with Crippen LogP contribution in [0, 0.1) is 6.92 Å². The Morgan fingerprint density at radius 3 is 2.58 bits per heavy atom. The first-order valence-electron chi connectivity index (χ1n) is 6.08. The van der Waals surface area contributed by atoms with E-state index in [0.29, 0.717) is 11.5 Å². The summed E-state index contributed by atoms with van der Waals surface area (Å²) in [6.45, 7) is 6.01. The van der Waals surface area contributed by atoms with E-state index in [4.69, 9.17) is 4.74 Å². The summed E-state index contributed by atoms with van der Waals surface area (Å²) in [6, 6.07) is 7.65. The van der Waals surface area contributed by atoms with Gasteiger partial charge in [-0.15, -0.1) is 0 Å². The predicted molar refractivity (Wildman–Crippen MR) is 77.7 cm³/mol. The summed E-state index contributed by atoms with van der Waals surface area (Å²) in [5.74, 6) is 0.891. The maximum atomic E-state index is 11.4. The third kappa shape index (κ3) is 3.32. The molecule has 2 rings (SSSR count). The highest BCUT2D eigenvalue weighted by molar-refractivity contribution is 7.17. The van der Waals surface area contributed by atoms with Gasteiger partial charge in [0.05, 0.1) is 17.2 Å². The number of Topliss-reactive ketones (excluding diaryl/α,β-unsaturated/α-hetero) is 1. The number of anilines is 2. The average molecular weight is 276 g/mol. The molecule has 19 heavy (non-hydrogen) atoms. The van der Waals surface area contributed by atoms with Gasteiger partial charge in [0.2, 0.25) is 0 Å². The van der Waals surface area contributed by atoms with E-state index in [1.54, 1.807) is 6.92 Å². The minimum absolute atomic E-state index is 0.0507. The molecule has 0 saturated heterocycles. The van der Waals surface area contributed by atoms with Crippen molar-refractivity contribution < 1.29 is 9.53 Å². The number of ketones is 1. The molecule has 1 aromatic heterocycles. The van der Waals surface area contributed by atoms with Crippen molar-refractivity contribution in [2.45, 2.75) is 20.8 Å². The van der Waals surface area contributed by atoms with E-state index in [0.717, 1.165) is 22.3 Å². The Bertz CT molecular complexity index is 576. The zero-order chi connectivity index (χ0) is 13.8. The Kier molecular flexibility index (Phi) is 4.16. The molecular formula is C14H16N2O2S. The quantitative estimate of drug-likeness (QED) is 0.844. The number of nitrogens with zero attached hydrogens (tertiary/aromatic N) is 1. The van der Waals surface area contributed by atoms with Gasteiger partial charge in [-0.05, 0) is 38.1 Å². The molecule has 1 aromatic carbocycles.